The SMILES string of the molecule is Cc1nnc(NS(=O)(=O)c2ccc3c(c2)CCCN3C(=O)c2ccc(Br)o2)s1. The molecule has 1 N–H and O–H groups in total. The van der Waals surface area contributed by atoms with E-state index >= 15 is 0 Å². The highest BCUT2D eigenvalue weighted by Gasteiger charge is 2.27. The number of anilines is 2. The third-order valence-corrected chi connectivity index (χ3v) is 6.90. The van der Waals surface area contributed by atoms with Crippen molar-refractivity contribution in [3.63, 3.8) is 0 Å². The van der Waals surface area contributed by atoms with Gasteiger partial charge in [0.25, 0.3) is 15.9 Å². The molecule has 0 radical (unpaired) electrons. The van der Waals surface area contributed by atoms with Crippen molar-refractivity contribution in [2.24, 2.45) is 0 Å². The van der Waals surface area contributed by atoms with Gasteiger partial charge in [0, 0.05) is 12.2 Å². The summed E-state index contributed by atoms with van der Waals surface area (Å²) in [4.78, 5) is 14.5. The van der Waals surface area contributed by atoms with Gasteiger partial charge in [-0.2, -0.15) is 0 Å². The van der Waals surface area contributed by atoms with E-state index in [0.717, 1.165) is 23.3 Å². The first kappa shape index (κ1) is 19.1. The Hall–Kier alpha value is -2.24. The molecule has 0 aliphatic carbocycles. The third kappa shape index (κ3) is 3.69. The van der Waals surface area contributed by atoms with Crippen LogP contribution in [0.15, 0.2) is 44.3 Å². The van der Waals surface area contributed by atoms with E-state index in [1.54, 1.807) is 36.1 Å². The molecule has 11 heteroatoms. The summed E-state index contributed by atoms with van der Waals surface area (Å²) in [7, 11) is -3.79. The summed E-state index contributed by atoms with van der Waals surface area (Å²) in [5, 5.41) is 8.49. The van der Waals surface area contributed by atoms with Gasteiger partial charge in [-0.25, -0.2) is 8.42 Å². The minimum Gasteiger partial charge on any atom is -0.444 e. The average molecular weight is 483 g/mol. The Morgan fingerprint density at radius 3 is 2.79 bits per heavy atom. The van der Waals surface area contributed by atoms with E-state index in [-0.39, 0.29) is 21.7 Å². The molecule has 1 amide bonds. The Morgan fingerprint density at radius 1 is 1.29 bits per heavy atom. The molecule has 146 valence electrons. The molecule has 0 fully saturated rings. The molecule has 1 aliphatic rings. The van der Waals surface area contributed by atoms with Crippen LogP contribution in [0.1, 0.15) is 27.5 Å². The fraction of sp³-hybridized carbons (Fsp3) is 0.235. The molecule has 0 saturated heterocycles. The number of fused-ring (bicyclic) bond motifs is 1. The van der Waals surface area contributed by atoms with Crippen molar-refractivity contribution >= 4 is 54.0 Å². The zero-order chi connectivity index (χ0) is 19.9. The van der Waals surface area contributed by atoms with Gasteiger partial charge >= 0.3 is 0 Å². The summed E-state index contributed by atoms with van der Waals surface area (Å²) in [5.41, 5.74) is 1.48. The minimum atomic E-state index is -3.79. The number of rotatable bonds is 4. The van der Waals surface area contributed by atoms with Gasteiger partial charge in [0.2, 0.25) is 5.13 Å². The number of sulfonamides is 1. The molecule has 3 aromatic rings. The number of hydrogen-bond acceptors (Lipinski definition) is 7. The topological polar surface area (TPSA) is 105 Å². The van der Waals surface area contributed by atoms with Gasteiger partial charge in [-0.3, -0.25) is 9.52 Å². The molecule has 0 saturated carbocycles. The van der Waals surface area contributed by atoms with E-state index in [0.29, 0.717) is 28.3 Å². The van der Waals surface area contributed by atoms with E-state index < -0.39 is 10.0 Å². The number of nitrogens with one attached hydrogen (secondary N) is 1. The number of furan rings is 1. The van der Waals surface area contributed by atoms with Crippen molar-refractivity contribution in [3.05, 3.63) is 51.3 Å². The van der Waals surface area contributed by atoms with Crippen molar-refractivity contribution < 1.29 is 17.6 Å². The molecule has 2 aromatic heterocycles. The second-order valence-electron chi connectivity index (χ2n) is 6.19. The van der Waals surface area contributed by atoms with E-state index in [4.69, 9.17) is 4.42 Å². The van der Waals surface area contributed by atoms with Gasteiger partial charge in [0.1, 0.15) is 5.01 Å². The van der Waals surface area contributed by atoms with E-state index in [2.05, 4.69) is 30.8 Å². The Morgan fingerprint density at radius 2 is 2.11 bits per heavy atom. The standard InChI is InChI=1S/C17H15BrN4O4S2/c1-10-19-20-17(27-10)21-28(24,25)12-4-5-13-11(9-12)3-2-8-22(13)16(23)14-6-7-15(18)26-14/h4-7,9H,2-3,8H2,1H3,(H,20,21). The molecule has 3 heterocycles. The van der Waals surface area contributed by atoms with Crippen LogP contribution in [0.2, 0.25) is 0 Å². The second-order valence-corrected chi connectivity index (χ2v) is 9.83. The number of carbonyl (C=O) groups is 1. The Balaban J connectivity index is 1.63. The summed E-state index contributed by atoms with van der Waals surface area (Å²) in [6.07, 6.45) is 1.41. The first-order chi connectivity index (χ1) is 13.3. The van der Waals surface area contributed by atoms with Gasteiger partial charge in [-0.05, 0) is 71.6 Å². The summed E-state index contributed by atoms with van der Waals surface area (Å²) >= 11 is 4.36. The van der Waals surface area contributed by atoms with Gasteiger partial charge in [-0.1, -0.05) is 11.3 Å². The largest absolute Gasteiger partial charge is 0.444 e. The van der Waals surface area contributed by atoms with Crippen LogP contribution in [0.3, 0.4) is 0 Å². The molecule has 0 unspecified atom stereocenters. The van der Waals surface area contributed by atoms with Crippen LogP contribution in [-0.2, 0) is 16.4 Å². The summed E-state index contributed by atoms with van der Waals surface area (Å²) < 4.78 is 33.6. The van der Waals surface area contributed by atoms with Gasteiger partial charge in [0.05, 0.1) is 4.90 Å². The lowest BCUT2D eigenvalue weighted by molar-refractivity contribution is 0.0957. The van der Waals surface area contributed by atoms with Crippen molar-refractivity contribution in [3.8, 4) is 0 Å². The number of hydrogen-bond donors (Lipinski definition) is 1. The number of aryl methyl sites for hydroxylation is 2. The third-order valence-electron chi connectivity index (χ3n) is 4.26. The zero-order valence-corrected chi connectivity index (χ0v) is 17.9. The summed E-state index contributed by atoms with van der Waals surface area (Å²) in [6.45, 7) is 2.29. The highest BCUT2D eigenvalue weighted by molar-refractivity contribution is 9.10. The fourth-order valence-electron chi connectivity index (χ4n) is 3.03. The molecule has 0 atom stereocenters. The number of aromatic nitrogens is 2. The maximum Gasteiger partial charge on any atom is 0.294 e. The van der Waals surface area contributed by atoms with Gasteiger partial charge in [-0.15, -0.1) is 10.2 Å². The van der Waals surface area contributed by atoms with Crippen LogP contribution in [0, 0.1) is 6.92 Å². The maximum absolute atomic E-state index is 12.8. The predicted octanol–water partition coefficient (Wildman–Crippen LogP) is 3.60. The quantitative estimate of drug-likeness (QED) is 0.608. The van der Waals surface area contributed by atoms with Crippen LogP contribution in [0.25, 0.3) is 0 Å². The number of amides is 1. The van der Waals surface area contributed by atoms with Crippen molar-refractivity contribution in [2.45, 2.75) is 24.7 Å². The van der Waals surface area contributed by atoms with Crippen LogP contribution < -0.4 is 9.62 Å². The normalized spacial score (nSPS) is 14.0. The Kier molecular flexibility index (Phi) is 4.98. The lowest BCUT2D eigenvalue weighted by Crippen LogP contribution is -2.35. The first-order valence-corrected chi connectivity index (χ1v) is 11.5. The molecule has 1 aromatic carbocycles. The molecule has 4 rings (SSSR count). The maximum atomic E-state index is 12.8. The molecular weight excluding hydrogens is 468 g/mol. The second kappa shape index (κ2) is 7.30. The zero-order valence-electron chi connectivity index (χ0n) is 14.7. The Bertz CT molecular complexity index is 1160. The molecule has 0 bridgehead atoms. The minimum absolute atomic E-state index is 0.120. The molecular formula is C17H15BrN4O4S2. The monoisotopic (exact) mass is 482 g/mol. The molecule has 28 heavy (non-hydrogen) atoms. The average Bonchev–Trinajstić information content (AvgIpc) is 3.28. The van der Waals surface area contributed by atoms with Gasteiger partial charge < -0.3 is 9.32 Å². The molecule has 8 nitrogen and oxygen atoms in total. The van der Waals surface area contributed by atoms with Crippen molar-refractivity contribution in [1.29, 1.82) is 0 Å². The summed E-state index contributed by atoms with van der Waals surface area (Å²) in [5.74, 6) is -0.0329. The predicted molar refractivity (Wildman–Crippen MR) is 108 cm³/mol. The van der Waals surface area contributed by atoms with Crippen LogP contribution >= 0.6 is 27.3 Å². The van der Waals surface area contributed by atoms with Crippen molar-refractivity contribution in [2.75, 3.05) is 16.2 Å². The lowest BCUT2D eigenvalue weighted by Gasteiger charge is -2.29. The summed E-state index contributed by atoms with van der Waals surface area (Å²) in [6, 6.07) is 8.01. The first-order valence-electron chi connectivity index (χ1n) is 8.36. The lowest BCUT2D eigenvalue weighted by atomic mass is 10.0. The van der Waals surface area contributed by atoms with Crippen LogP contribution in [0.4, 0.5) is 10.8 Å². The number of benzene rings is 1. The molecule has 0 spiro atoms. The number of nitrogens with zero attached hydrogens (tertiary/aromatic N) is 3. The smallest absolute Gasteiger partial charge is 0.294 e. The molecule has 1 aliphatic heterocycles. The number of halogens is 1. The van der Waals surface area contributed by atoms with E-state index in [1.807, 2.05) is 0 Å². The highest BCUT2D eigenvalue weighted by atomic mass is 79.9. The van der Waals surface area contributed by atoms with Gasteiger partial charge in [0.15, 0.2) is 10.4 Å². The highest BCUT2D eigenvalue weighted by Crippen LogP contribution is 2.32. The fourth-order valence-corrected chi connectivity index (χ4v) is 5.20. The van der Waals surface area contributed by atoms with Crippen LogP contribution in [-0.4, -0.2) is 31.1 Å². The van der Waals surface area contributed by atoms with E-state index in [1.165, 1.54) is 6.07 Å². The Labute approximate surface area is 173 Å². The number of carbonyl (C=O) groups excluding carboxylic acids is 1. The van der Waals surface area contributed by atoms with E-state index in [9.17, 15) is 13.2 Å². The van der Waals surface area contributed by atoms with Crippen molar-refractivity contribution in [1.82, 2.24) is 10.2 Å². The van der Waals surface area contributed by atoms with Crippen LogP contribution in [0.5, 0.6) is 0 Å².